The predicted molar refractivity (Wildman–Crippen MR) is 79.2 cm³/mol. The molecule has 8 heteroatoms. The molecule has 0 bridgehead atoms. The van der Waals surface area contributed by atoms with E-state index in [4.69, 9.17) is 5.73 Å². The fraction of sp³-hybridized carbons (Fsp3) is 0.833. The number of aliphatic imine (C=N–C) groups is 1. The van der Waals surface area contributed by atoms with Gasteiger partial charge in [0, 0.05) is 18.0 Å². The Labute approximate surface area is 120 Å². The standard InChI is InChI=1S/C12H24N4O3S/c1-12(2,3)16-11(13)14-6-4-10(17)15-9-5-7-20(18,19)8-9/h9H,4-8H2,1-3H3,(H,15,17)(H3,13,14,16). The highest BCUT2D eigenvalue weighted by Gasteiger charge is 2.28. The Kier molecular flexibility index (Phi) is 5.38. The molecule has 0 aromatic rings. The second kappa shape index (κ2) is 6.43. The predicted octanol–water partition coefficient (Wildman–Crippen LogP) is -0.617. The third-order valence-electron chi connectivity index (χ3n) is 2.72. The molecule has 116 valence electrons. The summed E-state index contributed by atoms with van der Waals surface area (Å²) in [5.74, 6) is 0.294. The van der Waals surface area contributed by atoms with Crippen molar-refractivity contribution in [2.75, 3.05) is 18.1 Å². The molecule has 4 N–H and O–H groups in total. The molecular weight excluding hydrogens is 280 g/mol. The molecule has 0 radical (unpaired) electrons. The molecule has 1 rings (SSSR count). The van der Waals surface area contributed by atoms with E-state index in [0.29, 0.717) is 12.4 Å². The average Bonchev–Trinajstić information content (AvgIpc) is 2.55. The molecule has 1 aliphatic rings. The fourth-order valence-electron chi connectivity index (χ4n) is 1.91. The van der Waals surface area contributed by atoms with E-state index in [1.807, 2.05) is 20.8 Å². The van der Waals surface area contributed by atoms with E-state index in [1.54, 1.807) is 0 Å². The van der Waals surface area contributed by atoms with Gasteiger partial charge >= 0.3 is 0 Å². The molecule has 1 unspecified atom stereocenters. The van der Waals surface area contributed by atoms with E-state index in [2.05, 4.69) is 15.6 Å². The van der Waals surface area contributed by atoms with E-state index in [0.717, 1.165) is 0 Å². The molecule has 0 aliphatic carbocycles. The van der Waals surface area contributed by atoms with Gasteiger partial charge in [-0.2, -0.15) is 0 Å². The number of carbonyl (C=O) groups excluding carboxylic acids is 1. The molecule has 7 nitrogen and oxygen atoms in total. The monoisotopic (exact) mass is 304 g/mol. The summed E-state index contributed by atoms with van der Waals surface area (Å²) in [4.78, 5) is 15.7. The van der Waals surface area contributed by atoms with Crippen molar-refractivity contribution in [1.82, 2.24) is 10.6 Å². The van der Waals surface area contributed by atoms with Gasteiger partial charge in [-0.15, -0.1) is 0 Å². The number of rotatable bonds is 4. The SMILES string of the molecule is CC(C)(C)NC(N)=NCCC(=O)NC1CCS(=O)(=O)C1. The lowest BCUT2D eigenvalue weighted by molar-refractivity contribution is -0.121. The van der Waals surface area contributed by atoms with Crippen molar-refractivity contribution in [2.24, 2.45) is 10.7 Å². The van der Waals surface area contributed by atoms with Crippen LogP contribution in [0, 0.1) is 0 Å². The molecule has 0 spiro atoms. The number of hydrogen-bond donors (Lipinski definition) is 3. The van der Waals surface area contributed by atoms with Gasteiger partial charge in [-0.05, 0) is 27.2 Å². The van der Waals surface area contributed by atoms with Crippen LogP contribution in [0.25, 0.3) is 0 Å². The second-order valence-electron chi connectivity index (χ2n) is 6.06. The number of sulfone groups is 1. The third-order valence-corrected chi connectivity index (χ3v) is 4.49. The van der Waals surface area contributed by atoms with E-state index in [9.17, 15) is 13.2 Å². The van der Waals surface area contributed by atoms with Crippen molar-refractivity contribution in [3.63, 3.8) is 0 Å². The zero-order valence-electron chi connectivity index (χ0n) is 12.3. The number of nitrogens with zero attached hydrogens (tertiary/aromatic N) is 1. The van der Waals surface area contributed by atoms with Crippen LogP contribution in [0.3, 0.4) is 0 Å². The van der Waals surface area contributed by atoms with Crippen LogP contribution in [0.2, 0.25) is 0 Å². The molecule has 0 aromatic heterocycles. The Morgan fingerprint density at radius 1 is 1.40 bits per heavy atom. The van der Waals surface area contributed by atoms with Crippen LogP contribution in [-0.4, -0.2) is 49.9 Å². The number of nitrogens with one attached hydrogen (secondary N) is 2. The van der Waals surface area contributed by atoms with Crippen LogP contribution >= 0.6 is 0 Å². The Morgan fingerprint density at radius 2 is 2.05 bits per heavy atom. The molecule has 1 heterocycles. The van der Waals surface area contributed by atoms with Gasteiger partial charge in [-0.1, -0.05) is 0 Å². The molecule has 1 aliphatic heterocycles. The second-order valence-corrected chi connectivity index (χ2v) is 8.29. The lowest BCUT2D eigenvalue weighted by Gasteiger charge is -2.20. The minimum atomic E-state index is -2.97. The van der Waals surface area contributed by atoms with Crippen LogP contribution in [-0.2, 0) is 14.6 Å². The van der Waals surface area contributed by atoms with Gasteiger partial charge < -0.3 is 16.4 Å². The Balaban J connectivity index is 2.29. The Morgan fingerprint density at radius 3 is 2.55 bits per heavy atom. The van der Waals surface area contributed by atoms with Crippen LogP contribution in [0.15, 0.2) is 4.99 Å². The summed E-state index contributed by atoms with van der Waals surface area (Å²) < 4.78 is 22.5. The van der Waals surface area contributed by atoms with Crippen LogP contribution in [0.5, 0.6) is 0 Å². The molecule has 1 saturated heterocycles. The van der Waals surface area contributed by atoms with Crippen LogP contribution in [0.1, 0.15) is 33.6 Å². The lowest BCUT2D eigenvalue weighted by atomic mass is 10.1. The molecule has 0 saturated carbocycles. The first kappa shape index (κ1) is 16.7. The van der Waals surface area contributed by atoms with Gasteiger partial charge in [-0.25, -0.2) is 8.42 Å². The quantitative estimate of drug-likeness (QED) is 0.473. The van der Waals surface area contributed by atoms with Crippen LogP contribution in [0.4, 0.5) is 0 Å². The highest BCUT2D eigenvalue weighted by molar-refractivity contribution is 7.91. The normalized spacial score (nSPS) is 22.6. The first-order valence-electron chi connectivity index (χ1n) is 6.65. The van der Waals surface area contributed by atoms with E-state index in [1.165, 1.54) is 0 Å². The molecule has 20 heavy (non-hydrogen) atoms. The van der Waals surface area contributed by atoms with Gasteiger partial charge in [0.1, 0.15) is 0 Å². The summed E-state index contributed by atoms with van der Waals surface area (Å²) in [5, 5.41) is 5.70. The third kappa shape index (κ3) is 6.74. The topological polar surface area (TPSA) is 114 Å². The molecular formula is C12H24N4O3S. The molecule has 0 aromatic carbocycles. The number of carbonyl (C=O) groups is 1. The van der Waals surface area contributed by atoms with Gasteiger partial charge in [0.15, 0.2) is 15.8 Å². The lowest BCUT2D eigenvalue weighted by Crippen LogP contribution is -2.45. The fourth-order valence-corrected chi connectivity index (χ4v) is 3.58. The van der Waals surface area contributed by atoms with Crippen molar-refractivity contribution in [3.05, 3.63) is 0 Å². The summed E-state index contributed by atoms with van der Waals surface area (Å²) in [6.45, 7) is 6.16. The van der Waals surface area contributed by atoms with E-state index < -0.39 is 9.84 Å². The first-order valence-corrected chi connectivity index (χ1v) is 8.47. The Bertz CT molecular complexity index is 479. The summed E-state index contributed by atoms with van der Waals surface area (Å²) in [5.41, 5.74) is 5.50. The smallest absolute Gasteiger partial charge is 0.222 e. The van der Waals surface area contributed by atoms with Crippen LogP contribution < -0.4 is 16.4 Å². The van der Waals surface area contributed by atoms with Crippen molar-refractivity contribution in [3.8, 4) is 0 Å². The average molecular weight is 304 g/mol. The molecule has 1 atom stereocenters. The summed E-state index contributed by atoms with van der Waals surface area (Å²) >= 11 is 0. The Hall–Kier alpha value is -1.31. The first-order chi connectivity index (χ1) is 9.07. The van der Waals surface area contributed by atoms with Gasteiger partial charge in [-0.3, -0.25) is 9.79 Å². The van der Waals surface area contributed by atoms with Gasteiger partial charge in [0.2, 0.25) is 5.91 Å². The highest BCUT2D eigenvalue weighted by Crippen LogP contribution is 2.11. The number of amides is 1. The minimum Gasteiger partial charge on any atom is -0.370 e. The summed E-state index contributed by atoms with van der Waals surface area (Å²) in [6, 6.07) is -0.262. The van der Waals surface area contributed by atoms with Gasteiger partial charge in [0.05, 0.1) is 18.1 Å². The zero-order chi connectivity index (χ0) is 15.4. The number of hydrogen-bond acceptors (Lipinski definition) is 4. The number of guanidine groups is 1. The van der Waals surface area contributed by atoms with Crippen molar-refractivity contribution in [2.45, 2.75) is 45.2 Å². The highest BCUT2D eigenvalue weighted by atomic mass is 32.2. The van der Waals surface area contributed by atoms with Crippen molar-refractivity contribution in [1.29, 1.82) is 0 Å². The maximum atomic E-state index is 11.6. The molecule has 1 amide bonds. The molecule has 1 fully saturated rings. The van der Waals surface area contributed by atoms with Gasteiger partial charge in [0.25, 0.3) is 0 Å². The largest absolute Gasteiger partial charge is 0.370 e. The van der Waals surface area contributed by atoms with E-state index in [-0.39, 0.29) is 42.0 Å². The maximum Gasteiger partial charge on any atom is 0.222 e. The number of nitrogens with two attached hydrogens (primary N) is 1. The summed E-state index contributed by atoms with van der Waals surface area (Å²) in [6.07, 6.45) is 0.689. The minimum absolute atomic E-state index is 0.0374. The van der Waals surface area contributed by atoms with Crippen molar-refractivity contribution < 1.29 is 13.2 Å². The van der Waals surface area contributed by atoms with Crippen molar-refractivity contribution >= 4 is 21.7 Å². The zero-order valence-corrected chi connectivity index (χ0v) is 13.1. The summed E-state index contributed by atoms with van der Waals surface area (Å²) in [7, 11) is -2.97. The maximum absolute atomic E-state index is 11.6. The van der Waals surface area contributed by atoms with E-state index >= 15 is 0 Å².